The van der Waals surface area contributed by atoms with Crippen LogP contribution in [0, 0.1) is 0 Å². The minimum atomic E-state index is 0.185. The third kappa shape index (κ3) is 4.07. The van der Waals surface area contributed by atoms with Gasteiger partial charge in [-0.05, 0) is 77.1 Å². The summed E-state index contributed by atoms with van der Waals surface area (Å²) in [5, 5.41) is 7.11. The second-order valence-corrected chi connectivity index (χ2v) is 11.6. The number of aromatic nitrogens is 1. The van der Waals surface area contributed by atoms with Gasteiger partial charge in [-0.15, -0.1) is 0 Å². The zero-order valence-electron chi connectivity index (χ0n) is 21.0. The predicted molar refractivity (Wildman–Crippen MR) is 146 cm³/mol. The average molecular weight is 468 g/mol. The molecule has 0 bridgehead atoms. The molecule has 0 aliphatic heterocycles. The molecule has 1 aliphatic rings. The minimum absolute atomic E-state index is 0.185. The van der Waals surface area contributed by atoms with Gasteiger partial charge in [0, 0.05) is 10.9 Å². The van der Waals surface area contributed by atoms with Gasteiger partial charge < -0.3 is 0 Å². The topological polar surface area (TPSA) is 15.9 Å². The number of para-hydroxylation sites is 2. The fraction of sp³-hybridized carbons (Fsp3) is 0.323. The third-order valence-corrected chi connectivity index (χ3v) is 8.35. The van der Waals surface area contributed by atoms with Crippen molar-refractivity contribution in [3.8, 4) is 16.9 Å². The van der Waals surface area contributed by atoms with Gasteiger partial charge in [0.05, 0.1) is 0 Å². The van der Waals surface area contributed by atoms with Gasteiger partial charge in [0.2, 0.25) is 0 Å². The number of aryl methyl sites for hydroxylation is 1. The van der Waals surface area contributed by atoms with Gasteiger partial charge in [0.1, 0.15) is 11.4 Å². The summed E-state index contributed by atoms with van der Waals surface area (Å²) in [7, 11) is 0. The Morgan fingerprint density at radius 3 is 2.03 bits per heavy atom. The second kappa shape index (κ2) is 8.70. The molecule has 0 unspecified atom stereocenters. The molecule has 174 valence electrons. The third-order valence-electron chi connectivity index (χ3n) is 7.50. The molecule has 0 amide bonds. The van der Waals surface area contributed by atoms with Crippen molar-refractivity contribution in [3.05, 3.63) is 94.9 Å². The maximum Gasteiger partial charge on any atom is 0.344 e. The standard InChI is InChI=1S/C31H34N2S/c1-6-22-19-26-27(31(4,5)18-17-30(26,2)3)20-25(22)28-21-34-29(32-23-13-9-7-10-14-23)33(28)24-15-11-8-12-16-24/h7-16,19-21H,6,17-18H2,1-5H3/p+1. The van der Waals surface area contributed by atoms with Gasteiger partial charge in [0.25, 0.3) is 0 Å². The maximum atomic E-state index is 3.67. The number of anilines is 2. The molecule has 4 aromatic rings. The van der Waals surface area contributed by atoms with E-state index in [0.717, 1.165) is 17.2 Å². The van der Waals surface area contributed by atoms with E-state index in [2.05, 4.69) is 123 Å². The van der Waals surface area contributed by atoms with Crippen molar-refractivity contribution in [2.45, 2.75) is 64.7 Å². The van der Waals surface area contributed by atoms with E-state index in [1.165, 1.54) is 46.5 Å². The molecule has 0 fully saturated rings. The van der Waals surface area contributed by atoms with Crippen LogP contribution in [0.1, 0.15) is 64.2 Å². The van der Waals surface area contributed by atoms with Crippen LogP contribution in [0.5, 0.6) is 0 Å². The van der Waals surface area contributed by atoms with E-state index < -0.39 is 0 Å². The lowest BCUT2D eigenvalue weighted by Crippen LogP contribution is -2.35. The molecule has 2 nitrogen and oxygen atoms in total. The highest BCUT2D eigenvalue weighted by Gasteiger charge is 2.38. The molecule has 1 aromatic heterocycles. The summed E-state index contributed by atoms with van der Waals surface area (Å²) in [6.45, 7) is 11.9. The lowest BCUT2D eigenvalue weighted by molar-refractivity contribution is -0.563. The monoisotopic (exact) mass is 467 g/mol. The minimum Gasteiger partial charge on any atom is -0.231 e. The zero-order chi connectivity index (χ0) is 23.9. The first-order valence-electron chi connectivity index (χ1n) is 12.4. The van der Waals surface area contributed by atoms with E-state index in [9.17, 15) is 0 Å². The van der Waals surface area contributed by atoms with Crippen molar-refractivity contribution in [2.24, 2.45) is 0 Å². The van der Waals surface area contributed by atoms with Crippen molar-refractivity contribution < 1.29 is 4.57 Å². The predicted octanol–water partition coefficient (Wildman–Crippen LogP) is 8.35. The first-order chi connectivity index (χ1) is 16.3. The number of hydrogen-bond donors (Lipinski definition) is 1. The van der Waals surface area contributed by atoms with E-state index >= 15 is 0 Å². The van der Waals surface area contributed by atoms with Crippen LogP contribution in [0.2, 0.25) is 0 Å². The van der Waals surface area contributed by atoms with Gasteiger partial charge in [-0.2, -0.15) is 4.57 Å². The van der Waals surface area contributed by atoms with E-state index in [-0.39, 0.29) is 10.8 Å². The highest BCUT2D eigenvalue weighted by molar-refractivity contribution is 7.13. The van der Waals surface area contributed by atoms with Crippen molar-refractivity contribution in [1.29, 1.82) is 0 Å². The molecule has 1 N–H and O–H groups in total. The number of thiazole rings is 1. The summed E-state index contributed by atoms with van der Waals surface area (Å²) < 4.78 is 2.39. The SMILES string of the molecule is CCc1cc2c(cc1-c1csc(Nc3ccccc3)[n+]1-c1ccccc1)C(C)(C)CCC2(C)C. The quantitative estimate of drug-likeness (QED) is 0.292. The Morgan fingerprint density at radius 2 is 1.41 bits per heavy atom. The number of fused-ring (bicyclic) bond motifs is 1. The molecule has 1 heterocycles. The summed E-state index contributed by atoms with van der Waals surface area (Å²) >= 11 is 1.77. The molecule has 0 saturated carbocycles. The van der Waals surface area contributed by atoms with Crippen LogP contribution in [0.25, 0.3) is 16.9 Å². The summed E-state index contributed by atoms with van der Waals surface area (Å²) in [5.74, 6) is 0. The number of hydrogen-bond acceptors (Lipinski definition) is 2. The Balaban J connectivity index is 1.73. The van der Waals surface area contributed by atoms with Crippen LogP contribution in [-0.4, -0.2) is 0 Å². The molecular weight excluding hydrogens is 432 g/mol. The average Bonchev–Trinajstić information content (AvgIpc) is 3.25. The Kier molecular flexibility index (Phi) is 5.85. The molecule has 3 aromatic carbocycles. The van der Waals surface area contributed by atoms with Gasteiger partial charge in [-0.1, -0.05) is 88.4 Å². The van der Waals surface area contributed by atoms with Crippen molar-refractivity contribution >= 4 is 22.2 Å². The highest BCUT2D eigenvalue weighted by atomic mass is 32.1. The van der Waals surface area contributed by atoms with Crippen LogP contribution in [0.4, 0.5) is 10.8 Å². The van der Waals surface area contributed by atoms with Crippen LogP contribution in [-0.2, 0) is 17.3 Å². The first kappa shape index (κ1) is 22.9. The van der Waals surface area contributed by atoms with E-state index in [1.807, 2.05) is 0 Å². The van der Waals surface area contributed by atoms with E-state index in [1.54, 1.807) is 11.3 Å². The summed E-state index contributed by atoms with van der Waals surface area (Å²) in [6, 6.07) is 26.2. The highest BCUT2D eigenvalue weighted by Crippen LogP contribution is 2.48. The number of benzene rings is 3. The molecular formula is C31H35N2S+. The number of nitrogens with zero attached hydrogens (tertiary/aromatic N) is 1. The van der Waals surface area contributed by atoms with Crippen LogP contribution in [0.3, 0.4) is 0 Å². The molecule has 34 heavy (non-hydrogen) atoms. The Hall–Kier alpha value is -2.91. The molecule has 1 aliphatic carbocycles. The lowest BCUT2D eigenvalue weighted by Gasteiger charge is -2.42. The van der Waals surface area contributed by atoms with Crippen molar-refractivity contribution in [3.63, 3.8) is 0 Å². The molecule has 0 saturated heterocycles. The van der Waals surface area contributed by atoms with Gasteiger partial charge in [0.15, 0.2) is 5.69 Å². The fourth-order valence-corrected chi connectivity index (χ4v) is 6.21. The van der Waals surface area contributed by atoms with Crippen LogP contribution < -0.4 is 9.88 Å². The fourth-order valence-electron chi connectivity index (χ4n) is 5.26. The largest absolute Gasteiger partial charge is 0.344 e. The first-order valence-corrected chi connectivity index (χ1v) is 13.3. The summed E-state index contributed by atoms with van der Waals surface area (Å²) in [5.41, 5.74) is 9.77. The molecule has 3 heteroatoms. The van der Waals surface area contributed by atoms with Gasteiger partial charge in [-0.25, -0.2) is 5.32 Å². The van der Waals surface area contributed by atoms with Crippen LogP contribution >= 0.6 is 11.3 Å². The Morgan fingerprint density at radius 1 is 0.824 bits per heavy atom. The van der Waals surface area contributed by atoms with Crippen molar-refractivity contribution in [2.75, 3.05) is 5.32 Å². The lowest BCUT2D eigenvalue weighted by atomic mass is 9.62. The Bertz CT molecular complexity index is 1300. The smallest absolute Gasteiger partial charge is 0.231 e. The van der Waals surface area contributed by atoms with Gasteiger partial charge >= 0.3 is 5.13 Å². The molecule has 0 radical (unpaired) electrons. The molecule has 5 rings (SSSR count). The van der Waals surface area contributed by atoms with E-state index in [4.69, 9.17) is 0 Å². The second-order valence-electron chi connectivity index (χ2n) is 10.8. The van der Waals surface area contributed by atoms with Crippen LogP contribution in [0.15, 0.2) is 78.2 Å². The summed E-state index contributed by atoms with van der Waals surface area (Å²) in [6.07, 6.45) is 3.48. The van der Waals surface area contributed by atoms with E-state index in [0.29, 0.717) is 0 Å². The number of nitrogens with one attached hydrogen (secondary N) is 1. The molecule has 0 atom stereocenters. The van der Waals surface area contributed by atoms with Crippen molar-refractivity contribution in [1.82, 2.24) is 0 Å². The summed E-state index contributed by atoms with van der Waals surface area (Å²) in [4.78, 5) is 0. The van der Waals surface area contributed by atoms with Gasteiger partial charge in [-0.3, -0.25) is 0 Å². The Labute approximate surface area is 208 Å². The maximum absolute atomic E-state index is 3.67. The normalized spacial score (nSPS) is 16.1. The molecule has 0 spiro atoms. The zero-order valence-corrected chi connectivity index (χ0v) is 21.8. The number of rotatable bonds is 5.